The van der Waals surface area contributed by atoms with Crippen molar-refractivity contribution in [3.63, 3.8) is 0 Å². The number of carbonyl (C=O) groups is 1. The van der Waals surface area contributed by atoms with Crippen LogP contribution in [0.15, 0.2) is 53.6 Å². The first kappa shape index (κ1) is 14.9. The molecule has 0 aromatic heterocycles. The summed E-state index contributed by atoms with van der Waals surface area (Å²) in [6.45, 7) is 0.384. The smallest absolute Gasteiger partial charge is 0.332 e. The van der Waals surface area contributed by atoms with Gasteiger partial charge in [-0.2, -0.15) is 5.10 Å². The molecule has 108 valence electrons. The number of para-hydroxylation sites is 1. The van der Waals surface area contributed by atoms with E-state index in [1.165, 1.54) is 6.21 Å². The van der Waals surface area contributed by atoms with Crippen molar-refractivity contribution in [1.82, 2.24) is 5.43 Å². The van der Waals surface area contributed by atoms with E-state index in [1.807, 2.05) is 42.5 Å². The lowest BCUT2D eigenvalue weighted by atomic mass is 10.2. The Labute approximate surface area is 127 Å². The molecule has 0 radical (unpaired) electrons. The summed E-state index contributed by atoms with van der Waals surface area (Å²) < 4.78 is 5.74. The lowest BCUT2D eigenvalue weighted by molar-refractivity contribution is 0.249. The van der Waals surface area contributed by atoms with Gasteiger partial charge in [-0.1, -0.05) is 35.9 Å². The van der Waals surface area contributed by atoms with Gasteiger partial charge in [-0.3, -0.25) is 0 Å². The molecule has 0 fully saturated rings. The minimum absolute atomic E-state index is 0.384. The molecule has 0 aliphatic rings. The molecule has 5 nitrogen and oxygen atoms in total. The molecule has 2 amide bonds. The fourth-order valence-corrected chi connectivity index (χ4v) is 1.88. The zero-order valence-corrected chi connectivity index (χ0v) is 11.9. The summed E-state index contributed by atoms with van der Waals surface area (Å²) >= 11 is 5.93. The highest BCUT2D eigenvalue weighted by molar-refractivity contribution is 6.30. The van der Waals surface area contributed by atoms with Crippen LogP contribution in [0.2, 0.25) is 5.02 Å². The van der Waals surface area contributed by atoms with Crippen LogP contribution in [-0.4, -0.2) is 12.2 Å². The second kappa shape index (κ2) is 7.31. The van der Waals surface area contributed by atoms with Gasteiger partial charge in [-0.25, -0.2) is 10.2 Å². The summed E-state index contributed by atoms with van der Waals surface area (Å²) in [5.41, 5.74) is 8.77. The van der Waals surface area contributed by atoms with Crippen LogP contribution in [0, 0.1) is 0 Å². The molecule has 21 heavy (non-hydrogen) atoms. The molecular formula is C15H14ClN3O2. The van der Waals surface area contributed by atoms with Gasteiger partial charge in [0.15, 0.2) is 0 Å². The molecule has 0 saturated heterocycles. The number of primary amides is 1. The quantitative estimate of drug-likeness (QED) is 0.658. The number of ether oxygens (including phenoxy) is 1. The number of nitrogens with two attached hydrogens (primary N) is 1. The van der Waals surface area contributed by atoms with Gasteiger partial charge in [0.1, 0.15) is 12.4 Å². The van der Waals surface area contributed by atoms with Crippen LogP contribution in [-0.2, 0) is 6.61 Å². The molecule has 2 aromatic carbocycles. The van der Waals surface area contributed by atoms with Gasteiger partial charge in [0.25, 0.3) is 0 Å². The van der Waals surface area contributed by atoms with Gasteiger partial charge in [0, 0.05) is 10.6 Å². The van der Waals surface area contributed by atoms with Crippen molar-refractivity contribution < 1.29 is 9.53 Å². The number of carbonyl (C=O) groups excluding carboxylic acids is 1. The number of benzene rings is 2. The van der Waals surface area contributed by atoms with Crippen molar-refractivity contribution >= 4 is 23.8 Å². The van der Waals surface area contributed by atoms with Crippen molar-refractivity contribution in [3.05, 3.63) is 64.7 Å². The van der Waals surface area contributed by atoms with Gasteiger partial charge in [0.2, 0.25) is 0 Å². The van der Waals surface area contributed by atoms with Crippen LogP contribution in [0.25, 0.3) is 0 Å². The summed E-state index contributed by atoms with van der Waals surface area (Å²) in [7, 11) is 0. The molecule has 0 aliphatic carbocycles. The van der Waals surface area contributed by atoms with E-state index in [-0.39, 0.29) is 0 Å². The minimum Gasteiger partial charge on any atom is -0.488 e. The molecule has 0 heterocycles. The predicted molar refractivity (Wildman–Crippen MR) is 82.5 cm³/mol. The highest BCUT2D eigenvalue weighted by atomic mass is 35.5. The molecule has 2 rings (SSSR count). The Balaban J connectivity index is 2.06. The van der Waals surface area contributed by atoms with E-state index in [9.17, 15) is 4.79 Å². The van der Waals surface area contributed by atoms with E-state index >= 15 is 0 Å². The molecule has 0 aliphatic heterocycles. The highest BCUT2D eigenvalue weighted by Gasteiger charge is 2.02. The Morgan fingerprint density at radius 2 is 2.10 bits per heavy atom. The number of rotatable bonds is 5. The monoisotopic (exact) mass is 303 g/mol. The summed E-state index contributed by atoms with van der Waals surface area (Å²) in [6.07, 6.45) is 1.47. The number of amides is 2. The number of halogens is 1. The summed E-state index contributed by atoms with van der Waals surface area (Å²) in [5, 5.41) is 4.38. The minimum atomic E-state index is -0.719. The topological polar surface area (TPSA) is 76.7 Å². The molecule has 0 unspecified atom stereocenters. The first-order chi connectivity index (χ1) is 10.1. The molecule has 0 spiro atoms. The lowest BCUT2D eigenvalue weighted by Gasteiger charge is -2.09. The molecule has 0 saturated carbocycles. The highest BCUT2D eigenvalue weighted by Crippen LogP contribution is 2.18. The molecule has 3 N–H and O–H groups in total. The zero-order chi connectivity index (χ0) is 15.1. The van der Waals surface area contributed by atoms with Gasteiger partial charge in [-0.15, -0.1) is 0 Å². The third-order valence-electron chi connectivity index (χ3n) is 2.58. The SMILES string of the molecule is NC(=O)NN=Cc1ccccc1OCc1cccc(Cl)c1. The second-order valence-corrected chi connectivity index (χ2v) is 4.63. The number of nitrogens with zero attached hydrogens (tertiary/aromatic N) is 1. The zero-order valence-electron chi connectivity index (χ0n) is 11.1. The van der Waals surface area contributed by atoms with Gasteiger partial charge in [0.05, 0.1) is 6.21 Å². The lowest BCUT2D eigenvalue weighted by Crippen LogP contribution is -2.24. The Kier molecular flexibility index (Phi) is 5.17. The Bertz CT molecular complexity index is 659. The van der Waals surface area contributed by atoms with Gasteiger partial charge in [-0.05, 0) is 29.8 Å². The summed E-state index contributed by atoms with van der Waals surface area (Å²) in [6, 6.07) is 14.1. The van der Waals surface area contributed by atoms with Gasteiger partial charge >= 0.3 is 6.03 Å². The maximum absolute atomic E-state index is 10.6. The first-order valence-corrected chi connectivity index (χ1v) is 6.58. The fraction of sp³-hybridized carbons (Fsp3) is 0.0667. The van der Waals surface area contributed by atoms with E-state index in [1.54, 1.807) is 6.07 Å². The predicted octanol–water partition coefficient (Wildman–Crippen LogP) is 2.92. The maximum Gasteiger partial charge on any atom is 0.332 e. The fourth-order valence-electron chi connectivity index (χ4n) is 1.67. The van der Waals surface area contributed by atoms with E-state index in [4.69, 9.17) is 22.1 Å². The normalized spacial score (nSPS) is 10.5. The average Bonchev–Trinajstić information content (AvgIpc) is 2.46. The van der Waals surface area contributed by atoms with Crippen LogP contribution in [0.5, 0.6) is 5.75 Å². The number of nitrogens with one attached hydrogen (secondary N) is 1. The van der Waals surface area contributed by atoms with Crippen LogP contribution in [0.1, 0.15) is 11.1 Å². The van der Waals surface area contributed by atoms with Crippen LogP contribution >= 0.6 is 11.6 Å². The van der Waals surface area contributed by atoms with Crippen molar-refractivity contribution in [2.75, 3.05) is 0 Å². The van der Waals surface area contributed by atoms with Gasteiger partial charge < -0.3 is 10.5 Å². The molecular weight excluding hydrogens is 290 g/mol. The van der Waals surface area contributed by atoms with Crippen molar-refractivity contribution in [1.29, 1.82) is 0 Å². The first-order valence-electron chi connectivity index (χ1n) is 6.20. The summed E-state index contributed by atoms with van der Waals surface area (Å²) in [5.74, 6) is 0.646. The maximum atomic E-state index is 10.6. The Morgan fingerprint density at radius 3 is 2.86 bits per heavy atom. The van der Waals surface area contributed by atoms with Crippen molar-refractivity contribution in [3.8, 4) is 5.75 Å². The van der Waals surface area contributed by atoms with Crippen molar-refractivity contribution in [2.24, 2.45) is 10.8 Å². The molecule has 0 atom stereocenters. The Morgan fingerprint density at radius 1 is 1.29 bits per heavy atom. The van der Waals surface area contributed by atoms with Crippen LogP contribution < -0.4 is 15.9 Å². The van der Waals surface area contributed by atoms with E-state index < -0.39 is 6.03 Å². The van der Waals surface area contributed by atoms with Crippen LogP contribution in [0.3, 0.4) is 0 Å². The number of hydrogen-bond donors (Lipinski definition) is 2. The van der Waals surface area contributed by atoms with Crippen LogP contribution in [0.4, 0.5) is 4.79 Å². The van der Waals surface area contributed by atoms with Crippen molar-refractivity contribution in [2.45, 2.75) is 6.61 Å². The number of hydrogen-bond acceptors (Lipinski definition) is 3. The van der Waals surface area contributed by atoms with E-state index in [0.717, 1.165) is 11.1 Å². The van der Waals surface area contributed by atoms with E-state index in [2.05, 4.69) is 10.5 Å². The average molecular weight is 304 g/mol. The van der Waals surface area contributed by atoms with E-state index in [0.29, 0.717) is 17.4 Å². The Hall–Kier alpha value is -2.53. The number of urea groups is 1. The largest absolute Gasteiger partial charge is 0.488 e. The standard InChI is InChI=1S/C15H14ClN3O2/c16-13-6-3-4-11(8-13)10-21-14-7-2-1-5-12(14)9-18-19-15(17)20/h1-9H,10H2,(H3,17,19,20). The second-order valence-electron chi connectivity index (χ2n) is 4.19. The molecule has 0 bridgehead atoms. The third-order valence-corrected chi connectivity index (χ3v) is 2.82. The molecule has 6 heteroatoms. The molecule has 2 aromatic rings. The summed E-state index contributed by atoms with van der Waals surface area (Å²) in [4.78, 5) is 10.6. The number of hydrazone groups is 1. The third kappa shape index (κ3) is 4.81.